The Labute approximate surface area is 140 Å². The van der Waals surface area contributed by atoms with Crippen LogP contribution < -0.4 is 23.3 Å². The molecular formula is C8H14AuClN6S2. The fraction of sp³-hybridized carbons (Fsp3) is 0.500. The molecule has 0 rings (SSSR count). The molecule has 0 aromatic carbocycles. The van der Waals surface area contributed by atoms with Crippen LogP contribution in [0.5, 0.6) is 0 Å². The number of nitrogens with one attached hydrogen (secondary N) is 2. The van der Waals surface area contributed by atoms with E-state index in [9.17, 15) is 0 Å². The van der Waals surface area contributed by atoms with Crippen LogP contribution in [0, 0.1) is 0 Å². The van der Waals surface area contributed by atoms with Crippen molar-refractivity contribution in [2.24, 2.45) is 20.2 Å². The first-order valence-electron chi connectivity index (χ1n) is 4.39. The van der Waals surface area contributed by atoms with Crippen LogP contribution in [0.1, 0.15) is 13.8 Å². The maximum Gasteiger partial charge on any atom is 3.00 e. The third-order valence-electron chi connectivity index (χ3n) is 1.57. The van der Waals surface area contributed by atoms with E-state index in [1.807, 2.05) is 0 Å². The summed E-state index contributed by atoms with van der Waals surface area (Å²) in [6, 6.07) is 0. The average molecular weight is 491 g/mol. The Morgan fingerprint density at radius 1 is 0.833 bits per heavy atom. The first-order chi connectivity index (χ1) is 7.51. The molecule has 0 spiro atoms. The molecule has 10 heteroatoms. The first-order valence-corrected chi connectivity index (χ1v) is 5.21. The average Bonchev–Trinajstić information content (AvgIpc) is 2.31. The molecule has 18 heavy (non-hydrogen) atoms. The summed E-state index contributed by atoms with van der Waals surface area (Å²) in [6.45, 7) is 3.58. The van der Waals surface area contributed by atoms with Crippen molar-refractivity contribution in [2.45, 2.75) is 13.8 Å². The van der Waals surface area contributed by atoms with Crippen LogP contribution >= 0.6 is 0 Å². The van der Waals surface area contributed by atoms with E-state index in [2.05, 4.69) is 31.0 Å². The third kappa shape index (κ3) is 10.9. The maximum absolute atomic E-state index is 4.81. The third-order valence-corrected chi connectivity index (χ3v) is 2.12. The molecule has 6 nitrogen and oxygen atoms in total. The summed E-state index contributed by atoms with van der Waals surface area (Å²) in [5.74, 6) is 0. The van der Waals surface area contributed by atoms with E-state index in [1.165, 1.54) is 0 Å². The van der Waals surface area contributed by atoms with Crippen molar-refractivity contribution in [3.63, 3.8) is 0 Å². The van der Waals surface area contributed by atoms with Crippen LogP contribution in [0.25, 0.3) is 0 Å². The largest absolute Gasteiger partial charge is 3.00 e. The summed E-state index contributed by atoms with van der Waals surface area (Å²) in [4.78, 5) is 7.46. The van der Waals surface area contributed by atoms with Crippen molar-refractivity contribution in [1.29, 1.82) is 0 Å². The molecule has 0 amide bonds. The van der Waals surface area contributed by atoms with Gasteiger partial charge in [-0.15, -0.1) is 0 Å². The Kier molecular flexibility index (Phi) is 16.8. The van der Waals surface area contributed by atoms with Gasteiger partial charge in [-0.05, 0) is 24.2 Å². The molecule has 0 aliphatic rings. The fourth-order valence-corrected chi connectivity index (χ4v) is 0.616. The number of halogens is 1. The van der Waals surface area contributed by atoms with Gasteiger partial charge in [-0.3, -0.25) is 20.8 Å². The van der Waals surface area contributed by atoms with E-state index in [-0.39, 0.29) is 34.8 Å². The topological polar surface area (TPSA) is 73.5 Å². The van der Waals surface area contributed by atoms with Gasteiger partial charge in [0.05, 0.1) is 11.4 Å². The van der Waals surface area contributed by atoms with Crippen LogP contribution in [-0.4, -0.2) is 35.9 Å². The standard InChI is InChI=1S/C8H16N6S2.Au.ClH/c1-5(11-13-7(15)9-3)6(2)12-14-8(16)10-4;;/h1-4H3,(H2,9,13,15)(H2,10,14,16);;1H/q;+3;/p-3/b11-5+,12-6+;;. The number of hydrazone groups is 2. The number of aliphatic imine (C=N–C) groups is 2. The van der Waals surface area contributed by atoms with E-state index < -0.39 is 0 Å². The van der Waals surface area contributed by atoms with Gasteiger partial charge in [0.15, 0.2) is 0 Å². The van der Waals surface area contributed by atoms with Gasteiger partial charge in [0.1, 0.15) is 0 Å². The van der Waals surface area contributed by atoms with E-state index in [1.54, 1.807) is 27.9 Å². The van der Waals surface area contributed by atoms with Crippen molar-refractivity contribution in [2.75, 3.05) is 14.1 Å². The van der Waals surface area contributed by atoms with E-state index in [0.29, 0.717) is 21.8 Å². The van der Waals surface area contributed by atoms with E-state index in [4.69, 9.17) is 25.3 Å². The number of rotatable bonds is 3. The monoisotopic (exact) mass is 490 g/mol. The van der Waals surface area contributed by atoms with Crippen molar-refractivity contribution >= 4 is 47.0 Å². The molecule has 0 saturated heterocycles. The van der Waals surface area contributed by atoms with Crippen LogP contribution in [0.3, 0.4) is 0 Å². The number of nitrogens with zero attached hydrogens (tertiary/aromatic N) is 4. The van der Waals surface area contributed by atoms with Crippen molar-refractivity contribution in [3.05, 3.63) is 0 Å². The van der Waals surface area contributed by atoms with Gasteiger partial charge in [0.25, 0.3) is 0 Å². The van der Waals surface area contributed by atoms with Gasteiger partial charge in [0.2, 0.25) is 0 Å². The zero-order valence-corrected chi connectivity index (χ0v) is 14.8. The minimum atomic E-state index is 0. The van der Waals surface area contributed by atoms with Crippen LogP contribution in [0.15, 0.2) is 20.2 Å². The second kappa shape index (κ2) is 13.2. The van der Waals surface area contributed by atoms with E-state index in [0.717, 1.165) is 0 Å². The van der Waals surface area contributed by atoms with Gasteiger partial charge in [-0.2, -0.15) is 10.2 Å². The predicted molar refractivity (Wildman–Crippen MR) is 73.9 cm³/mol. The summed E-state index contributed by atoms with van der Waals surface area (Å²) in [6.07, 6.45) is 0. The summed E-state index contributed by atoms with van der Waals surface area (Å²) in [5, 5.41) is 8.61. The molecule has 0 bridgehead atoms. The molecule has 0 saturated carbocycles. The first kappa shape index (κ1) is 22.9. The van der Waals surface area contributed by atoms with Crippen molar-refractivity contribution in [3.8, 4) is 0 Å². The van der Waals surface area contributed by atoms with E-state index >= 15 is 0 Å². The van der Waals surface area contributed by atoms with Crippen LogP contribution in [0.2, 0.25) is 0 Å². The molecule has 0 radical (unpaired) electrons. The van der Waals surface area contributed by atoms with Crippen LogP contribution in [-0.2, 0) is 47.6 Å². The van der Waals surface area contributed by atoms with Gasteiger partial charge in [-0.1, -0.05) is 0 Å². The van der Waals surface area contributed by atoms with Gasteiger partial charge in [-0.25, -0.2) is 0 Å². The predicted octanol–water partition coefficient (Wildman–Crippen LogP) is -3.02. The Hall–Kier alpha value is -0.250. The molecule has 0 heterocycles. The smallest absolute Gasteiger partial charge is 1.00 e. The molecule has 0 aliphatic heterocycles. The molecular weight excluding hydrogens is 477 g/mol. The molecule has 0 aliphatic carbocycles. The zero-order valence-electron chi connectivity index (χ0n) is 10.3. The Balaban J connectivity index is -0.00000112. The molecule has 0 atom stereocenters. The molecule has 0 aromatic heterocycles. The van der Waals surface area contributed by atoms with Gasteiger partial charge in [0, 0.05) is 14.1 Å². The maximum atomic E-state index is 4.81. The molecule has 0 unspecified atom stereocenters. The van der Waals surface area contributed by atoms with Gasteiger partial charge < -0.3 is 37.7 Å². The second-order valence-electron chi connectivity index (χ2n) is 2.68. The minimum Gasteiger partial charge on any atom is -1.00 e. The number of hydrogen-bond acceptors (Lipinski definition) is 6. The molecule has 0 aromatic rings. The Morgan fingerprint density at radius 2 is 1.11 bits per heavy atom. The normalized spacial score (nSPS) is 13.3. The fourth-order valence-electron chi connectivity index (χ4n) is 0.525. The summed E-state index contributed by atoms with van der Waals surface area (Å²) in [5.41, 5.74) is 6.56. The van der Waals surface area contributed by atoms with Crippen molar-refractivity contribution in [1.82, 2.24) is 10.9 Å². The van der Waals surface area contributed by atoms with Crippen molar-refractivity contribution < 1.29 is 34.8 Å². The minimum absolute atomic E-state index is 0. The SMILES string of the molecule is CN=C([S-])N/N=C(C)/C(C)=N/NC([S-])=NC.[Au+3].[Cl-]. The summed E-state index contributed by atoms with van der Waals surface area (Å²) >= 11 is 9.62. The number of hydrogen-bond donors (Lipinski definition) is 2. The number of amidine groups is 2. The summed E-state index contributed by atoms with van der Waals surface area (Å²) in [7, 11) is 3.17. The zero-order chi connectivity index (χ0) is 12.6. The Morgan fingerprint density at radius 3 is 1.33 bits per heavy atom. The second-order valence-corrected chi connectivity index (χ2v) is 3.45. The summed E-state index contributed by atoms with van der Waals surface area (Å²) < 4.78 is 0. The molecule has 2 N–H and O–H groups in total. The quantitative estimate of drug-likeness (QED) is 0.145. The van der Waals surface area contributed by atoms with Crippen LogP contribution in [0.4, 0.5) is 0 Å². The molecule has 106 valence electrons. The molecule has 0 fully saturated rings. The Bertz CT molecular complexity index is 321. The van der Waals surface area contributed by atoms with Gasteiger partial charge >= 0.3 is 22.4 Å².